The summed E-state index contributed by atoms with van der Waals surface area (Å²) in [6.45, 7) is 5.08. The van der Waals surface area contributed by atoms with Gasteiger partial charge in [-0.25, -0.2) is 0 Å². The number of hydrogen-bond acceptors (Lipinski definition) is 3. The largest absolute Gasteiger partial charge is 0.491 e. The van der Waals surface area contributed by atoms with E-state index in [4.69, 9.17) is 9.47 Å². The Labute approximate surface area is 130 Å². The third-order valence-corrected chi connectivity index (χ3v) is 2.88. The van der Waals surface area contributed by atoms with Crippen LogP contribution in [0, 0.1) is 0 Å². The average Bonchev–Trinajstić information content (AvgIpc) is 2.57. The van der Waals surface area contributed by atoms with Gasteiger partial charge in [0.25, 0.3) is 5.91 Å². The number of benzene rings is 2. The second kappa shape index (κ2) is 8.64. The molecular weight excluding hydrogens is 278 g/mol. The molecule has 4 nitrogen and oxygen atoms in total. The van der Waals surface area contributed by atoms with Crippen LogP contribution in [-0.4, -0.2) is 25.7 Å². The molecule has 4 heteroatoms. The number of rotatable bonds is 8. The van der Waals surface area contributed by atoms with Crippen LogP contribution in [0.15, 0.2) is 67.3 Å². The Morgan fingerprint density at radius 2 is 1.77 bits per heavy atom. The third kappa shape index (κ3) is 5.07. The van der Waals surface area contributed by atoms with E-state index >= 15 is 0 Å². The number of hydrogen-bond donors (Lipinski definition) is 1. The summed E-state index contributed by atoms with van der Waals surface area (Å²) in [5.74, 6) is 0.604. The molecule has 2 aromatic carbocycles. The average molecular weight is 297 g/mol. The number of nitrogens with one attached hydrogen (secondary N) is 1. The van der Waals surface area contributed by atoms with Gasteiger partial charge in [-0.2, -0.15) is 0 Å². The van der Waals surface area contributed by atoms with Gasteiger partial charge >= 0.3 is 0 Å². The zero-order valence-electron chi connectivity index (χ0n) is 12.3. The van der Waals surface area contributed by atoms with Gasteiger partial charge in [-0.1, -0.05) is 24.3 Å². The maximum atomic E-state index is 12.0. The number of anilines is 1. The molecule has 0 unspecified atom stereocenters. The van der Waals surface area contributed by atoms with Gasteiger partial charge in [-0.3, -0.25) is 4.79 Å². The Morgan fingerprint density at radius 1 is 1.05 bits per heavy atom. The molecule has 0 aliphatic carbocycles. The minimum Gasteiger partial charge on any atom is -0.491 e. The van der Waals surface area contributed by atoms with Crippen molar-refractivity contribution >= 4 is 11.6 Å². The van der Waals surface area contributed by atoms with Crippen LogP contribution in [0.25, 0.3) is 0 Å². The third-order valence-electron chi connectivity index (χ3n) is 2.88. The van der Waals surface area contributed by atoms with Gasteiger partial charge in [0, 0.05) is 11.3 Å². The molecule has 1 N–H and O–H groups in total. The Hall–Kier alpha value is -2.59. The Morgan fingerprint density at radius 3 is 2.45 bits per heavy atom. The molecule has 0 spiro atoms. The van der Waals surface area contributed by atoms with Crippen molar-refractivity contribution in [1.82, 2.24) is 0 Å². The smallest absolute Gasteiger partial charge is 0.255 e. The van der Waals surface area contributed by atoms with Crippen LogP contribution < -0.4 is 10.1 Å². The summed E-state index contributed by atoms with van der Waals surface area (Å²) >= 11 is 0. The van der Waals surface area contributed by atoms with Crippen LogP contribution in [0.5, 0.6) is 5.75 Å². The van der Waals surface area contributed by atoms with Crippen LogP contribution in [-0.2, 0) is 4.74 Å². The van der Waals surface area contributed by atoms with Crippen LogP contribution in [0.3, 0.4) is 0 Å². The quantitative estimate of drug-likeness (QED) is 0.599. The van der Waals surface area contributed by atoms with Gasteiger partial charge < -0.3 is 14.8 Å². The van der Waals surface area contributed by atoms with Crippen molar-refractivity contribution in [3.63, 3.8) is 0 Å². The topological polar surface area (TPSA) is 47.6 Å². The minimum absolute atomic E-state index is 0.132. The fourth-order valence-electron chi connectivity index (χ4n) is 1.81. The Bertz CT molecular complexity index is 593. The lowest BCUT2D eigenvalue weighted by Crippen LogP contribution is -2.11. The molecule has 0 saturated carbocycles. The fraction of sp³-hybridized carbons (Fsp3) is 0.167. The van der Waals surface area contributed by atoms with E-state index in [1.807, 2.05) is 30.3 Å². The molecule has 0 radical (unpaired) electrons. The first-order valence-corrected chi connectivity index (χ1v) is 7.07. The van der Waals surface area contributed by atoms with Crippen molar-refractivity contribution in [2.75, 3.05) is 25.1 Å². The molecule has 0 aromatic heterocycles. The van der Waals surface area contributed by atoms with Crippen molar-refractivity contribution in [3.8, 4) is 5.75 Å². The first-order valence-electron chi connectivity index (χ1n) is 7.07. The molecule has 0 bridgehead atoms. The highest BCUT2D eigenvalue weighted by atomic mass is 16.5. The van der Waals surface area contributed by atoms with E-state index in [2.05, 4.69) is 11.9 Å². The SMILES string of the molecule is C=CCOCCOc1ccc(NC(=O)c2ccccc2)cc1. The molecular formula is C18H19NO3. The van der Waals surface area contributed by atoms with Gasteiger partial charge in [-0.15, -0.1) is 6.58 Å². The molecule has 2 rings (SSSR count). The molecule has 0 saturated heterocycles. The van der Waals surface area contributed by atoms with E-state index in [0.29, 0.717) is 25.4 Å². The first-order chi connectivity index (χ1) is 10.8. The van der Waals surface area contributed by atoms with E-state index in [1.54, 1.807) is 30.3 Å². The summed E-state index contributed by atoms with van der Waals surface area (Å²) in [4.78, 5) is 12.0. The second-order valence-corrected chi connectivity index (χ2v) is 4.56. The lowest BCUT2D eigenvalue weighted by molar-refractivity contribution is 0.102. The van der Waals surface area contributed by atoms with Crippen LogP contribution in [0.1, 0.15) is 10.4 Å². The normalized spacial score (nSPS) is 10.0. The van der Waals surface area contributed by atoms with Crippen LogP contribution in [0.2, 0.25) is 0 Å². The highest BCUT2D eigenvalue weighted by Gasteiger charge is 2.04. The molecule has 114 valence electrons. The number of carbonyl (C=O) groups is 1. The van der Waals surface area contributed by atoms with Gasteiger partial charge in [0.1, 0.15) is 12.4 Å². The monoisotopic (exact) mass is 297 g/mol. The van der Waals surface area contributed by atoms with Gasteiger partial charge in [0.05, 0.1) is 13.2 Å². The Balaban J connectivity index is 1.81. The lowest BCUT2D eigenvalue weighted by atomic mass is 10.2. The van der Waals surface area contributed by atoms with E-state index in [0.717, 1.165) is 11.4 Å². The maximum Gasteiger partial charge on any atom is 0.255 e. The predicted molar refractivity (Wildman–Crippen MR) is 87.3 cm³/mol. The van der Waals surface area contributed by atoms with E-state index in [1.165, 1.54) is 0 Å². The van der Waals surface area contributed by atoms with Crippen LogP contribution >= 0.6 is 0 Å². The van der Waals surface area contributed by atoms with Crippen molar-refractivity contribution in [1.29, 1.82) is 0 Å². The first kappa shape index (κ1) is 15.8. The van der Waals surface area contributed by atoms with Gasteiger partial charge in [-0.05, 0) is 36.4 Å². The summed E-state index contributed by atoms with van der Waals surface area (Å²) in [5, 5.41) is 2.84. The summed E-state index contributed by atoms with van der Waals surface area (Å²) in [5.41, 5.74) is 1.35. The van der Waals surface area contributed by atoms with E-state index in [9.17, 15) is 4.79 Å². The van der Waals surface area contributed by atoms with Crippen molar-refractivity contribution in [2.45, 2.75) is 0 Å². The van der Waals surface area contributed by atoms with Crippen molar-refractivity contribution < 1.29 is 14.3 Å². The molecule has 0 atom stereocenters. The number of amides is 1. The predicted octanol–water partition coefficient (Wildman–Crippen LogP) is 3.52. The zero-order valence-corrected chi connectivity index (χ0v) is 12.3. The molecule has 22 heavy (non-hydrogen) atoms. The number of ether oxygens (including phenoxy) is 2. The van der Waals surface area contributed by atoms with Gasteiger partial charge in [0.2, 0.25) is 0 Å². The molecule has 2 aromatic rings. The van der Waals surface area contributed by atoms with Crippen molar-refractivity contribution in [2.24, 2.45) is 0 Å². The molecule has 0 fully saturated rings. The van der Waals surface area contributed by atoms with Gasteiger partial charge in [0.15, 0.2) is 0 Å². The second-order valence-electron chi connectivity index (χ2n) is 4.56. The molecule has 1 amide bonds. The summed E-state index contributed by atoms with van der Waals surface area (Å²) in [7, 11) is 0. The van der Waals surface area contributed by atoms with E-state index < -0.39 is 0 Å². The fourth-order valence-corrected chi connectivity index (χ4v) is 1.81. The van der Waals surface area contributed by atoms with E-state index in [-0.39, 0.29) is 5.91 Å². The van der Waals surface area contributed by atoms with Crippen LogP contribution in [0.4, 0.5) is 5.69 Å². The summed E-state index contributed by atoms with van der Waals surface area (Å²) in [6, 6.07) is 16.3. The number of carbonyl (C=O) groups excluding carboxylic acids is 1. The minimum atomic E-state index is -0.132. The summed E-state index contributed by atoms with van der Waals surface area (Å²) < 4.78 is 10.8. The maximum absolute atomic E-state index is 12.0. The molecule has 0 aliphatic heterocycles. The molecule has 0 heterocycles. The molecule has 0 aliphatic rings. The zero-order chi connectivity index (χ0) is 15.6. The standard InChI is InChI=1S/C18H19NO3/c1-2-12-21-13-14-22-17-10-8-16(9-11-17)19-18(20)15-6-4-3-5-7-15/h2-11H,1,12-14H2,(H,19,20). The highest BCUT2D eigenvalue weighted by molar-refractivity contribution is 6.04. The summed E-state index contributed by atoms with van der Waals surface area (Å²) in [6.07, 6.45) is 1.70. The lowest BCUT2D eigenvalue weighted by Gasteiger charge is -2.08. The van der Waals surface area contributed by atoms with Crippen molar-refractivity contribution in [3.05, 3.63) is 72.8 Å². The Kier molecular flexibility index (Phi) is 6.20. The highest BCUT2D eigenvalue weighted by Crippen LogP contribution is 2.16.